The quantitative estimate of drug-likeness (QED) is 0.693. The average molecular weight is 345 g/mol. The fraction of sp³-hybridized carbons (Fsp3) is 0.0625. The molecule has 7 heteroatoms. The molecule has 0 unspecified atom stereocenters. The number of aromatic nitrogens is 2. The molecular weight excluding hydrogens is 330 g/mol. The molecule has 3 rings (SSSR count). The molecule has 0 saturated carbocycles. The highest BCUT2D eigenvalue weighted by molar-refractivity contribution is 7.98. The van der Waals surface area contributed by atoms with Gasteiger partial charge in [0.05, 0.1) is 4.90 Å². The number of anilines is 1. The van der Waals surface area contributed by atoms with Crippen LogP contribution in [0.1, 0.15) is 0 Å². The third-order valence-corrected chi connectivity index (χ3v) is 5.42. The van der Waals surface area contributed by atoms with Gasteiger partial charge in [-0.1, -0.05) is 30.3 Å². The summed E-state index contributed by atoms with van der Waals surface area (Å²) in [6.07, 6.45) is 3.68. The summed E-state index contributed by atoms with van der Waals surface area (Å²) in [5.74, 6) is 0.283. The molecule has 0 aliphatic rings. The Morgan fingerprint density at radius 3 is 2.39 bits per heavy atom. The van der Waals surface area contributed by atoms with E-state index in [2.05, 4.69) is 14.9 Å². The lowest BCUT2D eigenvalue weighted by atomic mass is 10.1. The Morgan fingerprint density at radius 2 is 1.74 bits per heavy atom. The summed E-state index contributed by atoms with van der Waals surface area (Å²) in [5, 5.41) is 6.74. The first-order valence-electron chi connectivity index (χ1n) is 6.86. The Bertz CT molecular complexity index is 889. The number of H-pyrrole nitrogens is 1. The van der Waals surface area contributed by atoms with E-state index in [0.29, 0.717) is 5.56 Å². The van der Waals surface area contributed by atoms with Gasteiger partial charge >= 0.3 is 0 Å². The fourth-order valence-corrected chi connectivity index (χ4v) is 3.60. The van der Waals surface area contributed by atoms with Crippen LogP contribution >= 0.6 is 11.8 Å². The van der Waals surface area contributed by atoms with Crippen molar-refractivity contribution in [3.8, 4) is 11.1 Å². The average Bonchev–Trinajstić information content (AvgIpc) is 3.03. The number of sulfonamides is 1. The fourth-order valence-electron chi connectivity index (χ4n) is 2.14. The third-order valence-electron chi connectivity index (χ3n) is 3.33. The van der Waals surface area contributed by atoms with Gasteiger partial charge in [-0.05, 0) is 36.1 Å². The van der Waals surface area contributed by atoms with Crippen molar-refractivity contribution in [3.63, 3.8) is 0 Å². The maximum Gasteiger partial charge on any atom is 0.263 e. The highest BCUT2D eigenvalue weighted by Crippen LogP contribution is 2.29. The number of nitrogens with one attached hydrogen (secondary N) is 2. The number of hydrogen-bond acceptors (Lipinski definition) is 4. The zero-order valence-electron chi connectivity index (χ0n) is 12.4. The zero-order valence-corrected chi connectivity index (χ0v) is 14.0. The maximum absolute atomic E-state index is 12.4. The first-order valence-corrected chi connectivity index (χ1v) is 9.57. The first kappa shape index (κ1) is 15.6. The molecule has 0 atom stereocenters. The second-order valence-electron chi connectivity index (χ2n) is 4.79. The van der Waals surface area contributed by atoms with Gasteiger partial charge < -0.3 is 0 Å². The normalized spacial score (nSPS) is 11.3. The van der Waals surface area contributed by atoms with Crippen LogP contribution in [0.15, 0.2) is 70.6 Å². The molecule has 0 radical (unpaired) electrons. The molecule has 23 heavy (non-hydrogen) atoms. The Labute approximate surface area is 139 Å². The lowest BCUT2D eigenvalue weighted by Crippen LogP contribution is -2.13. The second-order valence-corrected chi connectivity index (χ2v) is 7.36. The zero-order chi connectivity index (χ0) is 16.3. The number of thioether (sulfide) groups is 1. The molecule has 0 aliphatic carbocycles. The molecule has 0 aliphatic heterocycles. The minimum atomic E-state index is -3.66. The number of rotatable bonds is 5. The Balaban J connectivity index is 1.92. The van der Waals surface area contributed by atoms with Gasteiger partial charge in [0.15, 0.2) is 5.82 Å². The molecule has 0 bridgehead atoms. The van der Waals surface area contributed by atoms with Gasteiger partial charge in [0.25, 0.3) is 10.0 Å². The van der Waals surface area contributed by atoms with E-state index in [-0.39, 0.29) is 10.7 Å². The van der Waals surface area contributed by atoms with Gasteiger partial charge in [-0.25, -0.2) is 8.42 Å². The summed E-state index contributed by atoms with van der Waals surface area (Å²) in [6.45, 7) is 0. The van der Waals surface area contributed by atoms with Gasteiger partial charge in [0.1, 0.15) is 0 Å². The highest BCUT2D eigenvalue weighted by atomic mass is 32.2. The van der Waals surface area contributed by atoms with E-state index in [4.69, 9.17) is 0 Å². The van der Waals surface area contributed by atoms with Crippen molar-refractivity contribution >= 4 is 27.6 Å². The van der Waals surface area contributed by atoms with Crippen molar-refractivity contribution in [2.24, 2.45) is 0 Å². The van der Waals surface area contributed by atoms with Crippen LogP contribution < -0.4 is 4.72 Å². The second kappa shape index (κ2) is 6.47. The first-order chi connectivity index (χ1) is 11.1. The van der Waals surface area contributed by atoms with Crippen LogP contribution in [0.4, 0.5) is 5.82 Å². The molecule has 118 valence electrons. The maximum atomic E-state index is 12.4. The standard InChI is InChI=1S/C16H15N3O2S2/c1-22-13-9-7-12(8-10-13)15-11-17-18-16(15)19-23(20,21)14-5-3-2-4-6-14/h2-11H,1H3,(H2,17,18,19). The molecule has 2 aromatic carbocycles. The third kappa shape index (κ3) is 3.40. The van der Waals surface area contributed by atoms with Crippen LogP contribution in [-0.2, 0) is 10.0 Å². The summed E-state index contributed by atoms with van der Waals surface area (Å²) in [7, 11) is -3.66. The molecule has 0 saturated heterocycles. The van der Waals surface area contributed by atoms with Gasteiger partial charge in [0, 0.05) is 16.7 Å². The summed E-state index contributed by atoms with van der Waals surface area (Å²) < 4.78 is 27.4. The highest BCUT2D eigenvalue weighted by Gasteiger charge is 2.18. The van der Waals surface area contributed by atoms with Crippen LogP contribution in [0.5, 0.6) is 0 Å². The van der Waals surface area contributed by atoms with E-state index in [1.165, 1.54) is 0 Å². The molecule has 1 aromatic heterocycles. The van der Waals surface area contributed by atoms with Crippen LogP contribution in [0.25, 0.3) is 11.1 Å². The molecule has 3 aromatic rings. The molecule has 5 nitrogen and oxygen atoms in total. The van der Waals surface area contributed by atoms with Gasteiger partial charge in [0.2, 0.25) is 0 Å². The topological polar surface area (TPSA) is 74.8 Å². The van der Waals surface area contributed by atoms with E-state index in [1.54, 1.807) is 48.3 Å². The van der Waals surface area contributed by atoms with Crippen molar-refractivity contribution < 1.29 is 8.42 Å². The summed E-state index contributed by atoms with van der Waals surface area (Å²) in [5.41, 5.74) is 1.60. The molecule has 1 heterocycles. The smallest absolute Gasteiger partial charge is 0.263 e. The monoisotopic (exact) mass is 345 g/mol. The van der Waals surface area contributed by atoms with E-state index < -0.39 is 10.0 Å². The van der Waals surface area contributed by atoms with E-state index in [0.717, 1.165) is 10.5 Å². The molecular formula is C16H15N3O2S2. The molecule has 2 N–H and O–H groups in total. The SMILES string of the molecule is CSc1ccc(-c2c[nH]nc2NS(=O)(=O)c2ccccc2)cc1. The van der Waals surface area contributed by atoms with Crippen molar-refractivity contribution in [2.45, 2.75) is 9.79 Å². The van der Waals surface area contributed by atoms with E-state index in [9.17, 15) is 8.42 Å². The van der Waals surface area contributed by atoms with Crippen molar-refractivity contribution in [3.05, 3.63) is 60.8 Å². The number of benzene rings is 2. The van der Waals surface area contributed by atoms with Gasteiger partial charge in [-0.3, -0.25) is 9.82 Å². The van der Waals surface area contributed by atoms with Gasteiger partial charge in [-0.2, -0.15) is 5.10 Å². The predicted molar refractivity (Wildman–Crippen MR) is 93.1 cm³/mol. The van der Waals surface area contributed by atoms with Crippen LogP contribution in [-0.4, -0.2) is 24.9 Å². The van der Waals surface area contributed by atoms with Crippen LogP contribution in [0.2, 0.25) is 0 Å². The largest absolute Gasteiger partial charge is 0.283 e. The Kier molecular flexibility index (Phi) is 4.40. The number of aromatic amines is 1. The van der Waals surface area contributed by atoms with Crippen molar-refractivity contribution in [1.29, 1.82) is 0 Å². The van der Waals surface area contributed by atoms with Crippen molar-refractivity contribution in [2.75, 3.05) is 11.0 Å². The summed E-state index contributed by atoms with van der Waals surface area (Å²) >= 11 is 1.65. The minimum absolute atomic E-state index is 0.201. The summed E-state index contributed by atoms with van der Waals surface area (Å²) in [4.78, 5) is 1.34. The van der Waals surface area contributed by atoms with E-state index >= 15 is 0 Å². The Morgan fingerprint density at radius 1 is 1.04 bits per heavy atom. The van der Waals surface area contributed by atoms with E-state index in [1.807, 2.05) is 30.5 Å². The number of nitrogens with zero attached hydrogens (tertiary/aromatic N) is 1. The lowest BCUT2D eigenvalue weighted by Gasteiger charge is -2.08. The lowest BCUT2D eigenvalue weighted by molar-refractivity contribution is 0.601. The molecule has 0 amide bonds. The molecule has 0 spiro atoms. The molecule has 0 fully saturated rings. The minimum Gasteiger partial charge on any atom is -0.283 e. The Hall–Kier alpha value is -2.25. The predicted octanol–water partition coefficient (Wildman–Crippen LogP) is 3.60. The van der Waals surface area contributed by atoms with Crippen molar-refractivity contribution in [1.82, 2.24) is 10.2 Å². The number of hydrogen-bond donors (Lipinski definition) is 2. The summed E-state index contributed by atoms with van der Waals surface area (Å²) in [6, 6.07) is 16.1. The van der Waals surface area contributed by atoms with Crippen LogP contribution in [0, 0.1) is 0 Å². The van der Waals surface area contributed by atoms with Gasteiger partial charge in [-0.15, -0.1) is 11.8 Å². The van der Waals surface area contributed by atoms with Crippen LogP contribution in [0.3, 0.4) is 0 Å².